The van der Waals surface area contributed by atoms with Crippen LogP contribution >= 0.6 is 0 Å². The molecule has 3 nitrogen and oxygen atoms in total. The number of halogens is 1. The summed E-state index contributed by atoms with van der Waals surface area (Å²) in [4.78, 5) is 4.55. The van der Waals surface area contributed by atoms with Crippen LogP contribution in [0.5, 0.6) is 0 Å². The number of nitrogens with one attached hydrogen (secondary N) is 1. The fourth-order valence-electron chi connectivity index (χ4n) is 2.94. The molecule has 4 heteroatoms. The molecule has 0 aliphatic rings. The summed E-state index contributed by atoms with van der Waals surface area (Å²) in [5.41, 5.74) is 5.69. The van der Waals surface area contributed by atoms with Crippen molar-refractivity contribution in [2.24, 2.45) is 0 Å². The van der Waals surface area contributed by atoms with Crippen LogP contribution in [0, 0.1) is 19.7 Å². The Hall–Kier alpha value is -2.36. The van der Waals surface area contributed by atoms with Gasteiger partial charge in [-0.1, -0.05) is 0 Å². The number of pyridine rings is 1. The van der Waals surface area contributed by atoms with Gasteiger partial charge in [0.1, 0.15) is 5.82 Å². The van der Waals surface area contributed by atoms with Gasteiger partial charge in [-0.3, -0.25) is 4.98 Å². The summed E-state index contributed by atoms with van der Waals surface area (Å²) in [6.07, 6.45) is 1.86. The molecule has 2 aromatic heterocycles. The zero-order chi connectivity index (χ0) is 15.7. The molecule has 0 spiro atoms. The first-order valence-corrected chi connectivity index (χ1v) is 7.54. The van der Waals surface area contributed by atoms with Crippen molar-refractivity contribution in [1.29, 1.82) is 0 Å². The average Bonchev–Trinajstić information content (AvgIpc) is 2.79. The molecule has 114 valence electrons. The second-order valence-corrected chi connectivity index (χ2v) is 5.47. The third-order valence-corrected chi connectivity index (χ3v) is 4.24. The Labute approximate surface area is 129 Å². The summed E-state index contributed by atoms with van der Waals surface area (Å²) in [6.45, 7) is 7.99. The third kappa shape index (κ3) is 2.45. The predicted octanol–water partition coefficient (Wildman–Crippen LogP) is 4.42. The van der Waals surface area contributed by atoms with Gasteiger partial charge >= 0.3 is 0 Å². The van der Waals surface area contributed by atoms with Crippen molar-refractivity contribution in [1.82, 2.24) is 9.55 Å². The lowest BCUT2D eigenvalue weighted by atomic mass is 10.1. The van der Waals surface area contributed by atoms with Gasteiger partial charge < -0.3 is 9.88 Å². The van der Waals surface area contributed by atoms with Gasteiger partial charge in [0.2, 0.25) is 0 Å². The molecular weight excluding hydrogens is 277 g/mol. The van der Waals surface area contributed by atoms with Crippen LogP contribution in [0.2, 0.25) is 0 Å². The molecule has 0 fully saturated rings. The van der Waals surface area contributed by atoms with Crippen LogP contribution in [-0.2, 0) is 13.1 Å². The fourth-order valence-corrected chi connectivity index (χ4v) is 2.94. The highest BCUT2D eigenvalue weighted by Crippen LogP contribution is 2.27. The van der Waals surface area contributed by atoms with Crippen molar-refractivity contribution >= 4 is 16.6 Å². The lowest BCUT2D eigenvalue weighted by Gasteiger charge is -2.10. The van der Waals surface area contributed by atoms with Gasteiger partial charge in [-0.05, 0) is 56.7 Å². The zero-order valence-corrected chi connectivity index (χ0v) is 13.2. The molecule has 0 aliphatic heterocycles. The zero-order valence-electron chi connectivity index (χ0n) is 13.2. The van der Waals surface area contributed by atoms with Gasteiger partial charge in [-0.2, -0.15) is 0 Å². The minimum absolute atomic E-state index is 0.225. The lowest BCUT2D eigenvalue weighted by molar-refractivity contribution is 0.628. The molecule has 0 amide bonds. The van der Waals surface area contributed by atoms with Gasteiger partial charge in [-0.25, -0.2) is 4.39 Å². The molecule has 0 aliphatic carbocycles. The number of nitrogens with zero attached hydrogens (tertiary/aromatic N) is 2. The van der Waals surface area contributed by atoms with Crippen LogP contribution in [0.25, 0.3) is 10.9 Å². The minimum Gasteiger partial charge on any atom is -0.379 e. The van der Waals surface area contributed by atoms with Gasteiger partial charge in [0.05, 0.1) is 17.8 Å². The molecule has 0 unspecified atom stereocenters. The molecule has 22 heavy (non-hydrogen) atoms. The summed E-state index contributed by atoms with van der Waals surface area (Å²) in [7, 11) is 0. The monoisotopic (exact) mass is 297 g/mol. The van der Waals surface area contributed by atoms with E-state index < -0.39 is 0 Å². The first-order chi connectivity index (χ1) is 10.6. The number of hydrogen-bond acceptors (Lipinski definition) is 2. The van der Waals surface area contributed by atoms with Crippen molar-refractivity contribution in [3.63, 3.8) is 0 Å². The topological polar surface area (TPSA) is 29.9 Å². The van der Waals surface area contributed by atoms with Gasteiger partial charge in [0, 0.05) is 29.5 Å². The van der Waals surface area contributed by atoms with Crippen molar-refractivity contribution in [3.05, 3.63) is 59.3 Å². The summed E-state index contributed by atoms with van der Waals surface area (Å²) in [6, 6.07) is 8.47. The van der Waals surface area contributed by atoms with E-state index in [4.69, 9.17) is 0 Å². The van der Waals surface area contributed by atoms with Crippen LogP contribution in [0.3, 0.4) is 0 Å². The maximum Gasteiger partial charge on any atom is 0.123 e. The molecule has 1 aromatic carbocycles. The minimum atomic E-state index is -0.225. The second-order valence-electron chi connectivity index (χ2n) is 5.47. The van der Waals surface area contributed by atoms with E-state index in [0.29, 0.717) is 6.54 Å². The molecule has 0 saturated heterocycles. The number of rotatable bonds is 4. The van der Waals surface area contributed by atoms with E-state index in [0.717, 1.165) is 17.9 Å². The van der Waals surface area contributed by atoms with Gasteiger partial charge in [-0.15, -0.1) is 0 Å². The highest BCUT2D eigenvalue weighted by atomic mass is 19.1. The molecule has 3 aromatic rings. The van der Waals surface area contributed by atoms with Crippen LogP contribution < -0.4 is 5.32 Å². The van der Waals surface area contributed by atoms with Crippen molar-refractivity contribution < 1.29 is 4.39 Å². The van der Waals surface area contributed by atoms with Crippen molar-refractivity contribution in [2.45, 2.75) is 33.9 Å². The second kappa shape index (κ2) is 5.79. The molecule has 0 radical (unpaired) electrons. The Kier molecular flexibility index (Phi) is 3.84. The van der Waals surface area contributed by atoms with Crippen LogP contribution in [0.1, 0.15) is 23.9 Å². The number of fused-ring (bicyclic) bond motifs is 1. The van der Waals surface area contributed by atoms with Gasteiger partial charge in [0.25, 0.3) is 0 Å². The SMILES string of the molecule is CCn1c(C)c(C)c2ccnc(CNc3ccc(F)cc3)c21. The number of hydrogen-bond donors (Lipinski definition) is 1. The maximum atomic E-state index is 13.0. The maximum absolute atomic E-state index is 13.0. The van der Waals surface area contributed by atoms with E-state index in [-0.39, 0.29) is 5.82 Å². The van der Waals surface area contributed by atoms with E-state index in [1.807, 2.05) is 6.20 Å². The highest BCUT2D eigenvalue weighted by Gasteiger charge is 2.13. The quantitative estimate of drug-likeness (QED) is 0.772. The third-order valence-electron chi connectivity index (χ3n) is 4.24. The van der Waals surface area contributed by atoms with Crippen LogP contribution in [0.15, 0.2) is 36.5 Å². The van der Waals surface area contributed by atoms with Crippen LogP contribution in [-0.4, -0.2) is 9.55 Å². The van der Waals surface area contributed by atoms with E-state index in [2.05, 4.69) is 41.7 Å². The Morgan fingerprint density at radius 1 is 1.14 bits per heavy atom. The molecule has 0 saturated carbocycles. The lowest BCUT2D eigenvalue weighted by Crippen LogP contribution is -2.06. The van der Waals surface area contributed by atoms with E-state index in [1.165, 1.54) is 34.3 Å². The largest absolute Gasteiger partial charge is 0.379 e. The smallest absolute Gasteiger partial charge is 0.123 e. The Bertz CT molecular complexity index is 803. The Morgan fingerprint density at radius 3 is 2.55 bits per heavy atom. The van der Waals surface area contributed by atoms with Crippen molar-refractivity contribution in [3.8, 4) is 0 Å². The number of aromatic nitrogens is 2. The molecule has 2 heterocycles. The Morgan fingerprint density at radius 2 is 1.86 bits per heavy atom. The molecule has 1 N–H and O–H groups in total. The molecule has 0 atom stereocenters. The van der Waals surface area contributed by atoms with E-state index in [9.17, 15) is 4.39 Å². The van der Waals surface area contributed by atoms with Crippen LogP contribution in [0.4, 0.5) is 10.1 Å². The molecule has 3 rings (SSSR count). The number of anilines is 1. The molecular formula is C18H20FN3. The predicted molar refractivity (Wildman–Crippen MR) is 88.6 cm³/mol. The summed E-state index contributed by atoms with van der Waals surface area (Å²) in [5.74, 6) is -0.225. The first-order valence-electron chi connectivity index (χ1n) is 7.54. The average molecular weight is 297 g/mol. The van der Waals surface area contributed by atoms with Gasteiger partial charge in [0.15, 0.2) is 0 Å². The standard InChI is InChI=1S/C18H20FN3/c1-4-22-13(3)12(2)16-9-10-20-17(18(16)22)11-21-15-7-5-14(19)6-8-15/h5-10,21H,4,11H2,1-3H3. The fraction of sp³-hybridized carbons (Fsp3) is 0.278. The van der Waals surface area contributed by atoms with E-state index in [1.54, 1.807) is 12.1 Å². The number of benzene rings is 1. The number of aryl methyl sites for hydroxylation is 2. The normalized spacial score (nSPS) is 11.1. The molecule has 0 bridgehead atoms. The Balaban J connectivity index is 1.97. The highest BCUT2D eigenvalue weighted by molar-refractivity contribution is 5.87. The summed E-state index contributed by atoms with van der Waals surface area (Å²) in [5, 5.41) is 4.57. The summed E-state index contributed by atoms with van der Waals surface area (Å²) < 4.78 is 15.3. The summed E-state index contributed by atoms with van der Waals surface area (Å²) >= 11 is 0. The first kappa shape index (κ1) is 14.6. The van der Waals surface area contributed by atoms with E-state index >= 15 is 0 Å². The van der Waals surface area contributed by atoms with Crippen molar-refractivity contribution in [2.75, 3.05) is 5.32 Å².